The molecular formula is C18H40N4O. The van der Waals surface area contributed by atoms with Crippen molar-refractivity contribution in [3.8, 4) is 0 Å². The Hall–Kier alpha value is -0.810. The summed E-state index contributed by atoms with van der Waals surface area (Å²) in [6, 6.07) is 0.499. The summed E-state index contributed by atoms with van der Waals surface area (Å²) in [7, 11) is 4.32. The predicted octanol–water partition coefficient (Wildman–Crippen LogP) is 2.72. The molecule has 0 aromatic rings. The summed E-state index contributed by atoms with van der Waals surface area (Å²) in [5.41, 5.74) is 0. The third kappa shape index (κ3) is 10.6. The number of likely N-dealkylation sites (N-methyl/N-ethyl adjacent to an activating group) is 1. The van der Waals surface area contributed by atoms with Gasteiger partial charge in [0, 0.05) is 32.3 Å². The van der Waals surface area contributed by atoms with E-state index in [9.17, 15) is 0 Å². The number of unbranched alkanes of at least 4 members (excludes halogenated alkanes) is 1. The molecule has 0 aliphatic carbocycles. The maximum Gasteiger partial charge on any atom is 0.191 e. The molecule has 0 fully saturated rings. The molecule has 0 spiro atoms. The first-order chi connectivity index (χ1) is 11.1. The van der Waals surface area contributed by atoms with Crippen molar-refractivity contribution in [3.63, 3.8) is 0 Å². The first kappa shape index (κ1) is 22.2. The van der Waals surface area contributed by atoms with Gasteiger partial charge < -0.3 is 20.3 Å². The lowest BCUT2D eigenvalue weighted by atomic mass is 9.93. The fourth-order valence-electron chi connectivity index (χ4n) is 2.77. The molecule has 23 heavy (non-hydrogen) atoms. The maximum absolute atomic E-state index is 5.37. The zero-order valence-electron chi connectivity index (χ0n) is 16.3. The summed E-state index contributed by atoms with van der Waals surface area (Å²) in [6.07, 6.45) is 4.61. The molecule has 1 unspecified atom stereocenters. The summed E-state index contributed by atoms with van der Waals surface area (Å²) < 4.78 is 5.37. The Bertz CT molecular complexity index is 291. The summed E-state index contributed by atoms with van der Waals surface area (Å²) >= 11 is 0. The van der Waals surface area contributed by atoms with Crippen molar-refractivity contribution < 1.29 is 4.74 Å². The molecule has 0 saturated heterocycles. The van der Waals surface area contributed by atoms with Gasteiger partial charge >= 0.3 is 0 Å². The fraction of sp³-hybridized carbons (Fsp3) is 0.944. The van der Waals surface area contributed by atoms with E-state index in [-0.39, 0.29) is 0 Å². The monoisotopic (exact) mass is 328 g/mol. The Labute approximate surface area is 144 Å². The van der Waals surface area contributed by atoms with Gasteiger partial charge in [-0.3, -0.25) is 4.99 Å². The van der Waals surface area contributed by atoms with Crippen LogP contribution in [0.2, 0.25) is 0 Å². The lowest BCUT2D eigenvalue weighted by Gasteiger charge is -2.30. The number of ether oxygens (including phenoxy) is 1. The van der Waals surface area contributed by atoms with Crippen LogP contribution in [0.1, 0.15) is 53.4 Å². The van der Waals surface area contributed by atoms with E-state index in [1.165, 1.54) is 12.8 Å². The van der Waals surface area contributed by atoms with Crippen molar-refractivity contribution in [1.82, 2.24) is 15.5 Å². The molecule has 5 nitrogen and oxygen atoms in total. The van der Waals surface area contributed by atoms with Crippen molar-refractivity contribution in [2.45, 2.75) is 59.4 Å². The first-order valence-electron chi connectivity index (χ1n) is 9.36. The van der Waals surface area contributed by atoms with Crippen LogP contribution in [-0.4, -0.2) is 63.8 Å². The second-order valence-corrected chi connectivity index (χ2v) is 6.16. The average molecular weight is 329 g/mol. The van der Waals surface area contributed by atoms with Gasteiger partial charge in [0.25, 0.3) is 0 Å². The highest BCUT2D eigenvalue weighted by atomic mass is 16.5. The molecule has 0 heterocycles. The fourth-order valence-corrected chi connectivity index (χ4v) is 2.77. The molecule has 0 aliphatic rings. The van der Waals surface area contributed by atoms with E-state index in [1.54, 1.807) is 0 Å². The number of nitrogens with zero attached hydrogens (tertiary/aromatic N) is 2. The second-order valence-electron chi connectivity index (χ2n) is 6.16. The Morgan fingerprint density at radius 2 is 1.74 bits per heavy atom. The van der Waals surface area contributed by atoms with Gasteiger partial charge in [-0.1, -0.05) is 26.7 Å². The lowest BCUT2D eigenvalue weighted by Crippen LogP contribution is -2.41. The van der Waals surface area contributed by atoms with E-state index < -0.39 is 0 Å². The number of hydrogen-bond donors (Lipinski definition) is 2. The van der Waals surface area contributed by atoms with Crippen molar-refractivity contribution in [2.75, 3.05) is 46.9 Å². The zero-order valence-corrected chi connectivity index (χ0v) is 16.3. The normalized spacial score (nSPS) is 13.7. The highest BCUT2D eigenvalue weighted by Gasteiger charge is 2.20. The van der Waals surface area contributed by atoms with Crippen molar-refractivity contribution in [2.24, 2.45) is 10.9 Å². The smallest absolute Gasteiger partial charge is 0.191 e. The van der Waals surface area contributed by atoms with Crippen LogP contribution in [0.25, 0.3) is 0 Å². The molecule has 0 saturated carbocycles. The average Bonchev–Trinajstić information content (AvgIpc) is 2.54. The van der Waals surface area contributed by atoms with E-state index in [4.69, 9.17) is 9.73 Å². The van der Waals surface area contributed by atoms with Gasteiger partial charge in [0.15, 0.2) is 5.96 Å². The molecule has 1 atom stereocenters. The van der Waals surface area contributed by atoms with E-state index in [0.29, 0.717) is 12.0 Å². The number of rotatable bonds is 13. The minimum absolute atomic E-state index is 0.499. The van der Waals surface area contributed by atoms with Crippen LogP contribution in [0.5, 0.6) is 0 Å². The first-order valence-corrected chi connectivity index (χ1v) is 9.36. The number of aliphatic imine (C=N–C) groups is 1. The van der Waals surface area contributed by atoms with Crippen LogP contribution in [0.3, 0.4) is 0 Å². The van der Waals surface area contributed by atoms with Crippen LogP contribution in [-0.2, 0) is 4.74 Å². The Balaban J connectivity index is 4.40. The Morgan fingerprint density at radius 3 is 2.26 bits per heavy atom. The van der Waals surface area contributed by atoms with Gasteiger partial charge in [-0.2, -0.15) is 0 Å². The number of guanidine groups is 1. The van der Waals surface area contributed by atoms with Crippen LogP contribution < -0.4 is 10.6 Å². The third-order valence-electron chi connectivity index (χ3n) is 4.25. The van der Waals surface area contributed by atoms with Crippen LogP contribution in [0.15, 0.2) is 4.99 Å². The summed E-state index contributed by atoms with van der Waals surface area (Å²) in [4.78, 5) is 7.12. The largest absolute Gasteiger partial charge is 0.382 e. The van der Waals surface area contributed by atoms with E-state index >= 15 is 0 Å². The van der Waals surface area contributed by atoms with Crippen LogP contribution in [0, 0.1) is 5.92 Å². The van der Waals surface area contributed by atoms with Crippen molar-refractivity contribution >= 4 is 5.96 Å². The van der Waals surface area contributed by atoms with Crippen molar-refractivity contribution in [1.29, 1.82) is 0 Å². The van der Waals surface area contributed by atoms with Crippen molar-refractivity contribution in [3.05, 3.63) is 0 Å². The third-order valence-corrected chi connectivity index (χ3v) is 4.25. The highest BCUT2D eigenvalue weighted by molar-refractivity contribution is 5.79. The summed E-state index contributed by atoms with van der Waals surface area (Å²) in [5, 5.41) is 6.77. The second kappa shape index (κ2) is 14.8. The molecule has 0 aromatic heterocycles. The van der Waals surface area contributed by atoms with E-state index in [1.807, 2.05) is 6.92 Å². The van der Waals surface area contributed by atoms with E-state index in [0.717, 1.165) is 51.6 Å². The minimum atomic E-state index is 0.499. The SMILES string of the molecule is CCNC(=NCC(C(CC)CC)N(C)C)NCCCCOCC. The zero-order chi connectivity index (χ0) is 17.5. The molecule has 0 aliphatic heterocycles. The van der Waals surface area contributed by atoms with Gasteiger partial charge in [-0.25, -0.2) is 0 Å². The van der Waals surface area contributed by atoms with Crippen LogP contribution >= 0.6 is 0 Å². The van der Waals surface area contributed by atoms with Gasteiger partial charge in [0.05, 0.1) is 6.54 Å². The van der Waals surface area contributed by atoms with Gasteiger partial charge in [-0.15, -0.1) is 0 Å². The van der Waals surface area contributed by atoms with Gasteiger partial charge in [0.2, 0.25) is 0 Å². The summed E-state index contributed by atoms with van der Waals surface area (Å²) in [5.74, 6) is 1.63. The molecule has 138 valence electrons. The topological polar surface area (TPSA) is 48.9 Å². The number of hydrogen-bond acceptors (Lipinski definition) is 3. The molecule has 0 aromatic carbocycles. The molecule has 0 rings (SSSR count). The molecule has 0 bridgehead atoms. The standard InChI is InChI=1S/C18H40N4O/c1-7-16(8-2)17(22(5)6)15-21-18(19-9-3)20-13-11-12-14-23-10-4/h16-17H,7-15H2,1-6H3,(H2,19,20,21). The molecule has 2 N–H and O–H groups in total. The predicted molar refractivity (Wildman–Crippen MR) is 101 cm³/mol. The van der Waals surface area contributed by atoms with E-state index in [2.05, 4.69) is 50.4 Å². The summed E-state index contributed by atoms with van der Waals surface area (Å²) in [6.45, 7) is 13.0. The Morgan fingerprint density at radius 1 is 1.04 bits per heavy atom. The molecule has 0 amide bonds. The quantitative estimate of drug-likeness (QED) is 0.310. The van der Waals surface area contributed by atoms with Crippen LogP contribution in [0.4, 0.5) is 0 Å². The Kier molecular flexibility index (Phi) is 14.2. The van der Waals surface area contributed by atoms with Gasteiger partial charge in [0.1, 0.15) is 0 Å². The molecular weight excluding hydrogens is 288 g/mol. The molecule has 5 heteroatoms. The molecule has 0 radical (unpaired) electrons. The minimum Gasteiger partial charge on any atom is -0.382 e. The number of nitrogens with one attached hydrogen (secondary N) is 2. The highest BCUT2D eigenvalue weighted by Crippen LogP contribution is 2.17. The maximum atomic E-state index is 5.37. The van der Waals surface area contributed by atoms with Gasteiger partial charge in [-0.05, 0) is 46.7 Å². The lowest BCUT2D eigenvalue weighted by molar-refractivity contribution is 0.143.